The van der Waals surface area contributed by atoms with E-state index in [2.05, 4.69) is 19.2 Å². The summed E-state index contributed by atoms with van der Waals surface area (Å²) >= 11 is 3.98. The first-order valence-corrected chi connectivity index (χ1v) is 3.53. The van der Waals surface area contributed by atoms with Gasteiger partial charge in [0.2, 0.25) is 0 Å². The molecule has 0 saturated carbocycles. The maximum atomic E-state index is 5.50. The molecule has 0 saturated heterocycles. The third-order valence-corrected chi connectivity index (χ3v) is 1.33. The summed E-state index contributed by atoms with van der Waals surface area (Å²) in [5.41, 5.74) is 5.50. The normalized spacial score (nSPS) is 12.8. The zero-order valence-electron chi connectivity index (χ0n) is 5.63. The topological polar surface area (TPSA) is 35.2 Å². The third-order valence-electron chi connectivity index (χ3n) is 0.940. The van der Waals surface area contributed by atoms with E-state index in [9.17, 15) is 0 Å². The lowest BCUT2D eigenvalue weighted by Crippen LogP contribution is -2.25. The summed E-state index contributed by atoms with van der Waals surface area (Å²) in [5, 5.41) is 0. The van der Waals surface area contributed by atoms with Crippen LogP contribution < -0.4 is 5.73 Å². The Balaban J connectivity index is 3.46. The van der Waals surface area contributed by atoms with Gasteiger partial charge in [0.25, 0.3) is 0 Å². The molecule has 0 amide bonds. The molecule has 3 heteroatoms. The molecule has 0 fully saturated rings. The molecule has 0 heterocycles. The molecular weight excluding hydrogens is 134 g/mol. The molecule has 2 nitrogen and oxygen atoms in total. The first-order valence-electron chi connectivity index (χ1n) is 2.90. The minimum atomic E-state index is -0.131. The van der Waals surface area contributed by atoms with Crippen LogP contribution >= 0.6 is 12.6 Å². The van der Waals surface area contributed by atoms with E-state index in [1.54, 1.807) is 0 Å². The van der Waals surface area contributed by atoms with Gasteiger partial charge in [0.15, 0.2) is 0 Å². The smallest absolute Gasteiger partial charge is 0.106 e. The van der Waals surface area contributed by atoms with Crippen molar-refractivity contribution in [1.29, 1.82) is 0 Å². The second kappa shape index (κ2) is 4.70. The lowest BCUT2D eigenvalue weighted by Gasteiger charge is -2.11. The summed E-state index contributed by atoms with van der Waals surface area (Å²) in [5.74, 6) is 1.20. The van der Waals surface area contributed by atoms with E-state index in [0.717, 1.165) is 0 Å². The summed E-state index contributed by atoms with van der Waals surface area (Å²) < 4.78 is 5.03. The molecule has 54 valence electrons. The van der Waals surface area contributed by atoms with Gasteiger partial charge in [-0.3, -0.25) is 0 Å². The Hall–Kier alpha value is -0.150. The number of hydrogen-bond acceptors (Lipinski definition) is 3. The standard InChI is InChI=1S/C6H13NOS/c1-3-8-5(2)6(7)4-9/h6,9H,2-4,7H2,1H3/t6-/m0/s1. The fraction of sp³-hybridized carbons (Fsp3) is 0.667. The van der Waals surface area contributed by atoms with Gasteiger partial charge in [-0.2, -0.15) is 12.6 Å². The van der Waals surface area contributed by atoms with Crippen molar-refractivity contribution in [3.05, 3.63) is 12.3 Å². The first-order chi connectivity index (χ1) is 4.22. The Morgan fingerprint density at radius 1 is 1.89 bits per heavy atom. The van der Waals surface area contributed by atoms with Crippen molar-refractivity contribution >= 4 is 12.6 Å². The van der Waals surface area contributed by atoms with Crippen LogP contribution in [0.5, 0.6) is 0 Å². The van der Waals surface area contributed by atoms with Crippen molar-refractivity contribution in [1.82, 2.24) is 0 Å². The van der Waals surface area contributed by atoms with Gasteiger partial charge in [0.1, 0.15) is 5.76 Å². The molecule has 0 aromatic rings. The molecule has 0 rings (SSSR count). The van der Waals surface area contributed by atoms with Crippen molar-refractivity contribution in [3.8, 4) is 0 Å². The van der Waals surface area contributed by atoms with Crippen molar-refractivity contribution in [3.63, 3.8) is 0 Å². The van der Waals surface area contributed by atoms with E-state index >= 15 is 0 Å². The predicted molar refractivity (Wildman–Crippen MR) is 42.6 cm³/mol. The number of nitrogens with two attached hydrogens (primary N) is 1. The second-order valence-electron chi connectivity index (χ2n) is 1.69. The van der Waals surface area contributed by atoms with Gasteiger partial charge in [-0.15, -0.1) is 0 Å². The van der Waals surface area contributed by atoms with Crippen LogP contribution in [0.1, 0.15) is 6.92 Å². The van der Waals surface area contributed by atoms with E-state index in [-0.39, 0.29) is 6.04 Å². The molecule has 0 radical (unpaired) electrons. The highest BCUT2D eigenvalue weighted by Gasteiger charge is 2.03. The van der Waals surface area contributed by atoms with Gasteiger partial charge >= 0.3 is 0 Å². The lowest BCUT2D eigenvalue weighted by molar-refractivity contribution is 0.214. The average molecular weight is 147 g/mol. The number of thiol groups is 1. The molecule has 0 aromatic carbocycles. The number of ether oxygens (including phenoxy) is 1. The SMILES string of the molecule is C=C(OCC)[C@@H](N)CS. The van der Waals surface area contributed by atoms with E-state index in [0.29, 0.717) is 18.1 Å². The van der Waals surface area contributed by atoms with Crippen molar-refractivity contribution in [2.45, 2.75) is 13.0 Å². The first kappa shape index (κ1) is 8.85. The molecule has 9 heavy (non-hydrogen) atoms. The quantitative estimate of drug-likeness (QED) is 0.455. The van der Waals surface area contributed by atoms with E-state index in [1.807, 2.05) is 6.92 Å². The second-order valence-corrected chi connectivity index (χ2v) is 2.05. The minimum Gasteiger partial charge on any atom is -0.497 e. The predicted octanol–water partition coefficient (Wildman–Crippen LogP) is 0.794. The molecule has 0 aliphatic carbocycles. The van der Waals surface area contributed by atoms with E-state index < -0.39 is 0 Å². The number of hydrogen-bond donors (Lipinski definition) is 2. The molecule has 0 aliphatic rings. The largest absolute Gasteiger partial charge is 0.497 e. The van der Waals surface area contributed by atoms with Gasteiger partial charge in [-0.1, -0.05) is 6.58 Å². The van der Waals surface area contributed by atoms with E-state index in [1.165, 1.54) is 0 Å². The molecule has 0 spiro atoms. The fourth-order valence-electron chi connectivity index (χ4n) is 0.394. The summed E-state index contributed by atoms with van der Waals surface area (Å²) in [6, 6.07) is -0.131. The van der Waals surface area contributed by atoms with Crippen LogP contribution in [0.2, 0.25) is 0 Å². The molecule has 0 aliphatic heterocycles. The average Bonchev–Trinajstić information content (AvgIpc) is 1.87. The van der Waals surface area contributed by atoms with Gasteiger partial charge in [-0.05, 0) is 6.92 Å². The summed E-state index contributed by atoms with van der Waals surface area (Å²) in [4.78, 5) is 0. The Morgan fingerprint density at radius 2 is 2.44 bits per heavy atom. The van der Waals surface area contributed by atoms with Crippen LogP contribution in [-0.4, -0.2) is 18.4 Å². The molecule has 2 N–H and O–H groups in total. The minimum absolute atomic E-state index is 0.131. The summed E-state index contributed by atoms with van der Waals surface area (Å²) in [6.45, 7) is 6.14. The zero-order valence-corrected chi connectivity index (χ0v) is 6.53. The van der Waals surface area contributed by atoms with Crippen LogP contribution in [0.4, 0.5) is 0 Å². The van der Waals surface area contributed by atoms with Gasteiger partial charge < -0.3 is 10.5 Å². The van der Waals surface area contributed by atoms with Crippen LogP contribution in [0, 0.1) is 0 Å². The highest BCUT2D eigenvalue weighted by atomic mass is 32.1. The molecule has 0 bridgehead atoms. The van der Waals surface area contributed by atoms with Crippen molar-refractivity contribution < 1.29 is 4.74 Å². The van der Waals surface area contributed by atoms with Gasteiger partial charge in [-0.25, -0.2) is 0 Å². The third kappa shape index (κ3) is 3.43. The fourth-order valence-corrected chi connectivity index (χ4v) is 0.598. The monoisotopic (exact) mass is 147 g/mol. The molecule has 1 atom stereocenters. The molecule has 0 unspecified atom stereocenters. The van der Waals surface area contributed by atoms with Crippen LogP contribution in [-0.2, 0) is 4.74 Å². The number of rotatable bonds is 4. The maximum absolute atomic E-state index is 5.50. The van der Waals surface area contributed by atoms with E-state index in [4.69, 9.17) is 10.5 Å². The van der Waals surface area contributed by atoms with Crippen LogP contribution in [0.15, 0.2) is 12.3 Å². The Labute approximate surface area is 61.5 Å². The Morgan fingerprint density at radius 3 is 2.78 bits per heavy atom. The van der Waals surface area contributed by atoms with Gasteiger partial charge in [0, 0.05) is 5.75 Å². The highest BCUT2D eigenvalue weighted by molar-refractivity contribution is 7.80. The summed E-state index contributed by atoms with van der Waals surface area (Å²) in [6.07, 6.45) is 0. The van der Waals surface area contributed by atoms with Crippen LogP contribution in [0.3, 0.4) is 0 Å². The lowest BCUT2D eigenvalue weighted by atomic mass is 10.3. The molecular formula is C6H13NOS. The van der Waals surface area contributed by atoms with Gasteiger partial charge in [0.05, 0.1) is 12.6 Å². The molecule has 0 aromatic heterocycles. The maximum Gasteiger partial charge on any atom is 0.106 e. The zero-order chi connectivity index (χ0) is 7.28. The van der Waals surface area contributed by atoms with Crippen LogP contribution in [0.25, 0.3) is 0 Å². The van der Waals surface area contributed by atoms with Crippen molar-refractivity contribution in [2.24, 2.45) is 5.73 Å². The Bertz CT molecular complexity index is 95.1. The highest BCUT2D eigenvalue weighted by Crippen LogP contribution is 1.99. The summed E-state index contributed by atoms with van der Waals surface area (Å²) in [7, 11) is 0. The van der Waals surface area contributed by atoms with Crippen molar-refractivity contribution in [2.75, 3.05) is 12.4 Å². The Kier molecular flexibility index (Phi) is 4.62.